The monoisotopic (exact) mass is 1770 g/mol. The first-order chi connectivity index (χ1) is 60.6. The van der Waals surface area contributed by atoms with Crippen LogP contribution < -0.4 is 0 Å². The quantitative estimate of drug-likeness (QED) is 0.0239. The van der Waals surface area contributed by atoms with Gasteiger partial charge < -0.3 is 47.7 Å². The lowest BCUT2D eigenvalue weighted by Crippen LogP contribution is -2.44. The minimum Gasteiger partial charge on any atom is -0.465 e. The standard InChI is InChI=1S/C56H101NO8.C51H97NO8/c1-6-9-12-15-18-21-24-25-28-31-34-37-40-45-54(60)64-50-56(51-65-55(61)46-41-42-47-57(4)5,48-62-52(58)43-38-35-32-29-26-22-19-16-13-10-7-2)49-63-53(59)44-39-36-33-30-27-23-20-17-14-11-8-3;1-9-15-21-29-44(30-22-16-10-2)37-48(54)58-41-51(40-57-47(53)35-27-28-36-52(7)8,42-59-49(55)38-45(31-23-17-11-3)32-24-18-12-4)43-60-50(56)39-46(33-25-19-13-5)34-26-20-14-6/h16-17,19-21,24H,6-15,18,22-23,25-51H2,1-5H3;44-46H,9-43H2,1-8H3/b19-16-,20-17-,24-21-;. The number of nitrogens with zero attached hydrogens (tertiary/aromatic N) is 2. The van der Waals surface area contributed by atoms with Gasteiger partial charge in [0.2, 0.25) is 0 Å². The molecule has 0 bridgehead atoms. The van der Waals surface area contributed by atoms with Crippen LogP contribution in [0.15, 0.2) is 36.5 Å². The second-order valence-corrected chi connectivity index (χ2v) is 37.5. The number of carbonyl (C=O) groups excluding carboxylic acids is 8. The Bertz CT molecular complexity index is 2420. The van der Waals surface area contributed by atoms with Crippen LogP contribution in [0, 0.1) is 28.6 Å². The van der Waals surface area contributed by atoms with Gasteiger partial charge in [0.1, 0.15) is 63.7 Å². The summed E-state index contributed by atoms with van der Waals surface area (Å²) in [4.78, 5) is 111. The number of hydrogen-bond donors (Lipinski definition) is 0. The van der Waals surface area contributed by atoms with E-state index in [4.69, 9.17) is 37.9 Å². The zero-order chi connectivity index (χ0) is 92.4. The van der Waals surface area contributed by atoms with E-state index in [0.29, 0.717) is 32.1 Å². The van der Waals surface area contributed by atoms with E-state index in [2.05, 4.69) is 109 Å². The zero-order valence-electron chi connectivity index (χ0n) is 83.7. The van der Waals surface area contributed by atoms with Crippen LogP contribution in [0.1, 0.15) is 480 Å². The average molecular weight is 1770 g/mol. The van der Waals surface area contributed by atoms with E-state index in [1.54, 1.807) is 0 Å². The van der Waals surface area contributed by atoms with Crippen LogP contribution in [0.5, 0.6) is 0 Å². The number of carbonyl (C=O) groups is 8. The van der Waals surface area contributed by atoms with Crippen LogP contribution in [0.3, 0.4) is 0 Å². The van der Waals surface area contributed by atoms with E-state index >= 15 is 0 Å². The average Bonchev–Trinajstić information content (AvgIpc) is 0.854. The van der Waals surface area contributed by atoms with Crippen molar-refractivity contribution >= 4 is 47.8 Å². The summed E-state index contributed by atoms with van der Waals surface area (Å²) in [6.07, 6.45) is 76.7. The molecular weight excluding hydrogens is 1570 g/mol. The van der Waals surface area contributed by atoms with Crippen molar-refractivity contribution in [2.24, 2.45) is 28.6 Å². The van der Waals surface area contributed by atoms with Crippen molar-refractivity contribution in [1.29, 1.82) is 0 Å². The predicted octanol–water partition coefficient (Wildman–Crippen LogP) is 28.5. The summed E-state index contributed by atoms with van der Waals surface area (Å²) < 4.78 is 47.5. The van der Waals surface area contributed by atoms with Crippen LogP contribution in [-0.2, 0) is 76.3 Å². The molecule has 0 aliphatic rings. The molecule has 0 saturated carbocycles. The number of hydrogen-bond acceptors (Lipinski definition) is 18. The molecule has 0 atom stereocenters. The maximum Gasteiger partial charge on any atom is 0.306 e. The Balaban J connectivity index is 0. The van der Waals surface area contributed by atoms with Gasteiger partial charge in [-0.1, -0.05) is 317 Å². The molecule has 0 aromatic rings. The smallest absolute Gasteiger partial charge is 0.306 e. The van der Waals surface area contributed by atoms with Gasteiger partial charge in [0.15, 0.2) is 0 Å². The van der Waals surface area contributed by atoms with Gasteiger partial charge in [-0.2, -0.15) is 0 Å². The predicted molar refractivity (Wildman–Crippen MR) is 519 cm³/mol. The second kappa shape index (κ2) is 90.8. The number of allylic oxidation sites excluding steroid dienone is 6. The normalized spacial score (nSPS) is 11.9. The molecule has 0 aromatic heterocycles. The van der Waals surface area contributed by atoms with Crippen molar-refractivity contribution in [2.75, 3.05) is 94.1 Å². The summed E-state index contributed by atoms with van der Waals surface area (Å²) >= 11 is 0. The van der Waals surface area contributed by atoms with Gasteiger partial charge in [0.25, 0.3) is 0 Å². The van der Waals surface area contributed by atoms with Crippen LogP contribution in [0.2, 0.25) is 0 Å². The molecule has 0 rings (SSSR count). The van der Waals surface area contributed by atoms with Crippen molar-refractivity contribution in [3.05, 3.63) is 36.5 Å². The lowest BCUT2D eigenvalue weighted by Gasteiger charge is -2.32. The highest BCUT2D eigenvalue weighted by atomic mass is 16.6. The Morgan fingerprint density at radius 2 is 0.376 bits per heavy atom. The molecule has 0 spiro atoms. The lowest BCUT2D eigenvalue weighted by molar-refractivity contribution is -0.174. The number of unbranched alkanes of at least 4 members (excludes halogenated alkanes) is 37. The molecule has 0 saturated heterocycles. The molecule has 18 nitrogen and oxygen atoms in total. The summed E-state index contributed by atoms with van der Waals surface area (Å²) in [6, 6.07) is 0. The van der Waals surface area contributed by atoms with E-state index < -0.39 is 10.8 Å². The Labute approximate surface area is 768 Å². The molecule has 0 amide bonds. The molecule has 0 fully saturated rings. The van der Waals surface area contributed by atoms with Gasteiger partial charge in [-0.05, 0) is 207 Å². The van der Waals surface area contributed by atoms with Crippen LogP contribution in [-0.4, -0.2) is 152 Å². The molecule has 125 heavy (non-hydrogen) atoms. The maximum absolute atomic E-state index is 13.7. The molecule has 0 unspecified atom stereocenters. The number of ether oxygens (including phenoxy) is 8. The van der Waals surface area contributed by atoms with Gasteiger partial charge in [-0.15, -0.1) is 0 Å². The molecule has 0 aliphatic heterocycles. The Morgan fingerprint density at radius 3 is 0.584 bits per heavy atom. The van der Waals surface area contributed by atoms with Crippen LogP contribution in [0.4, 0.5) is 0 Å². The van der Waals surface area contributed by atoms with E-state index in [9.17, 15) is 38.4 Å². The molecule has 0 radical (unpaired) electrons. The Kier molecular flexibility index (Phi) is 88.6. The van der Waals surface area contributed by atoms with Gasteiger partial charge in [0.05, 0.1) is 0 Å². The first kappa shape index (κ1) is 122. The highest BCUT2D eigenvalue weighted by Crippen LogP contribution is 2.31. The highest BCUT2D eigenvalue weighted by molar-refractivity contribution is 5.73. The third-order valence-corrected chi connectivity index (χ3v) is 23.9. The molecule has 0 N–H and O–H groups in total. The highest BCUT2D eigenvalue weighted by Gasteiger charge is 2.40. The summed E-state index contributed by atoms with van der Waals surface area (Å²) in [6.45, 7) is 20.0. The third-order valence-electron chi connectivity index (χ3n) is 23.9. The second-order valence-electron chi connectivity index (χ2n) is 37.5. The zero-order valence-corrected chi connectivity index (χ0v) is 83.7. The summed E-state index contributed by atoms with van der Waals surface area (Å²) in [5.41, 5.74) is -2.46. The third kappa shape index (κ3) is 83.0. The fraction of sp³-hybridized carbons (Fsp3) is 0.869. The fourth-order valence-electron chi connectivity index (χ4n) is 15.4. The first-order valence-electron chi connectivity index (χ1n) is 52.1. The molecule has 0 aromatic carbocycles. The molecule has 732 valence electrons. The van der Waals surface area contributed by atoms with E-state index in [0.717, 1.165) is 308 Å². The SMILES string of the molecule is CCCC/C=C\CCCCCCCC(=O)OCC(COC(=O)CCCCCCC/C=C\CCCC)(COC(=O)CCCCCCC/C=C\CCCCCC)COC(=O)CCCCN(C)C.CCCCCC(CCCCC)CC(=O)OCC(COC(=O)CCCCN(C)C)(COC(=O)CC(CCCCC)CCCCC)COC(=O)CC(CCCCC)CCCCC. The van der Waals surface area contributed by atoms with Crippen molar-refractivity contribution in [3.63, 3.8) is 0 Å². The van der Waals surface area contributed by atoms with Crippen LogP contribution >= 0.6 is 0 Å². The maximum atomic E-state index is 13.7. The summed E-state index contributed by atoms with van der Waals surface area (Å²) in [5, 5.41) is 0. The van der Waals surface area contributed by atoms with Crippen molar-refractivity contribution < 1.29 is 76.3 Å². The Morgan fingerprint density at radius 1 is 0.208 bits per heavy atom. The van der Waals surface area contributed by atoms with Crippen molar-refractivity contribution in [3.8, 4) is 0 Å². The van der Waals surface area contributed by atoms with Gasteiger partial charge >= 0.3 is 47.8 Å². The topological polar surface area (TPSA) is 217 Å². The largest absolute Gasteiger partial charge is 0.465 e. The van der Waals surface area contributed by atoms with Crippen molar-refractivity contribution in [2.45, 2.75) is 480 Å². The molecule has 0 aliphatic carbocycles. The minimum absolute atomic E-state index is 0.177. The van der Waals surface area contributed by atoms with Gasteiger partial charge in [0, 0.05) is 51.4 Å². The molecule has 0 heterocycles. The van der Waals surface area contributed by atoms with Crippen LogP contribution in [0.25, 0.3) is 0 Å². The summed E-state index contributed by atoms with van der Waals surface area (Å²) in [5.74, 6) is -2.08. The van der Waals surface area contributed by atoms with E-state index in [-0.39, 0.29) is 150 Å². The number of rotatable bonds is 91. The lowest BCUT2D eigenvalue weighted by atomic mass is 9.90. The Hall–Kier alpha value is -5.10. The number of esters is 8. The molecular formula is C107H198N2O16. The van der Waals surface area contributed by atoms with Crippen molar-refractivity contribution in [1.82, 2.24) is 9.80 Å². The van der Waals surface area contributed by atoms with E-state index in [1.807, 2.05) is 28.2 Å². The first-order valence-corrected chi connectivity index (χ1v) is 52.1. The minimum atomic E-state index is -1.24. The van der Waals surface area contributed by atoms with E-state index in [1.165, 1.54) is 57.8 Å². The molecule has 18 heteroatoms. The summed E-state index contributed by atoms with van der Waals surface area (Å²) in [7, 11) is 8.01. The fourth-order valence-corrected chi connectivity index (χ4v) is 15.4. The van der Waals surface area contributed by atoms with Gasteiger partial charge in [-0.3, -0.25) is 38.4 Å². The van der Waals surface area contributed by atoms with Gasteiger partial charge in [-0.25, -0.2) is 0 Å².